The maximum Gasteiger partial charge on any atom is 0.317 e. The van der Waals surface area contributed by atoms with Gasteiger partial charge in [-0.3, -0.25) is 9.59 Å². The molecule has 8 nitrogen and oxygen atoms in total. The lowest BCUT2D eigenvalue weighted by atomic mass is 10.0. The molecule has 134 valence electrons. The number of nitrogens with one attached hydrogen (secondary N) is 1. The van der Waals surface area contributed by atoms with E-state index in [-0.39, 0.29) is 30.5 Å². The highest BCUT2D eigenvalue weighted by Gasteiger charge is 2.39. The molecule has 0 aromatic heterocycles. The minimum atomic E-state index is -0.906. The molecule has 0 bridgehead atoms. The Morgan fingerprint density at radius 2 is 2.00 bits per heavy atom. The second kappa shape index (κ2) is 7.38. The van der Waals surface area contributed by atoms with Crippen LogP contribution in [-0.4, -0.2) is 77.7 Å². The molecule has 2 N–H and O–H groups in total. The van der Waals surface area contributed by atoms with Crippen LogP contribution in [0, 0.1) is 5.92 Å². The Balaban J connectivity index is 1.42. The van der Waals surface area contributed by atoms with Gasteiger partial charge >= 0.3 is 12.0 Å². The fourth-order valence-corrected chi connectivity index (χ4v) is 3.75. The van der Waals surface area contributed by atoms with Crippen molar-refractivity contribution in [1.82, 2.24) is 15.1 Å². The SMILES string of the molecule is O=C(O)C1CC(=O)N(C2CCN(C(=O)NCC3CCCO3)CC2)C1. The molecule has 2 atom stereocenters. The smallest absolute Gasteiger partial charge is 0.317 e. The van der Waals surface area contributed by atoms with Gasteiger partial charge in [0.2, 0.25) is 5.91 Å². The summed E-state index contributed by atoms with van der Waals surface area (Å²) in [5.74, 6) is -1.58. The van der Waals surface area contributed by atoms with E-state index in [0.717, 1.165) is 19.4 Å². The molecule has 3 heterocycles. The van der Waals surface area contributed by atoms with Crippen LogP contribution in [0.4, 0.5) is 4.79 Å². The molecule has 0 radical (unpaired) electrons. The number of nitrogens with zero attached hydrogens (tertiary/aromatic N) is 2. The summed E-state index contributed by atoms with van der Waals surface area (Å²) >= 11 is 0. The molecule has 3 aliphatic rings. The number of rotatable bonds is 4. The first kappa shape index (κ1) is 17.0. The number of aliphatic carboxylic acids is 1. The van der Waals surface area contributed by atoms with E-state index in [0.29, 0.717) is 39.0 Å². The number of hydrogen-bond acceptors (Lipinski definition) is 4. The van der Waals surface area contributed by atoms with E-state index in [9.17, 15) is 14.4 Å². The van der Waals surface area contributed by atoms with Gasteiger partial charge in [-0.1, -0.05) is 0 Å². The van der Waals surface area contributed by atoms with Crippen molar-refractivity contribution in [3.8, 4) is 0 Å². The number of carbonyl (C=O) groups is 3. The zero-order valence-electron chi connectivity index (χ0n) is 13.8. The normalized spacial score (nSPS) is 28.4. The van der Waals surface area contributed by atoms with E-state index in [2.05, 4.69) is 5.32 Å². The van der Waals surface area contributed by atoms with Crippen molar-refractivity contribution in [2.75, 3.05) is 32.8 Å². The molecule has 0 saturated carbocycles. The molecule has 0 aromatic carbocycles. The van der Waals surface area contributed by atoms with Crippen molar-refractivity contribution < 1.29 is 24.2 Å². The molecule has 0 aliphatic carbocycles. The number of urea groups is 1. The van der Waals surface area contributed by atoms with Gasteiger partial charge in [0, 0.05) is 45.2 Å². The van der Waals surface area contributed by atoms with Crippen molar-refractivity contribution in [3.63, 3.8) is 0 Å². The van der Waals surface area contributed by atoms with Crippen LogP contribution in [0.3, 0.4) is 0 Å². The molecular formula is C16H25N3O5. The number of carbonyl (C=O) groups excluding carboxylic acids is 2. The molecule has 0 spiro atoms. The Bertz CT molecular complexity index is 498. The lowest BCUT2D eigenvalue weighted by Gasteiger charge is -2.36. The molecule has 3 fully saturated rings. The Kier molecular flexibility index (Phi) is 5.23. The molecular weight excluding hydrogens is 314 g/mol. The minimum absolute atomic E-state index is 0.0454. The molecule has 3 amide bonds. The van der Waals surface area contributed by atoms with E-state index < -0.39 is 11.9 Å². The Labute approximate surface area is 141 Å². The summed E-state index contributed by atoms with van der Waals surface area (Å²) in [4.78, 5) is 38.7. The van der Waals surface area contributed by atoms with E-state index in [1.54, 1.807) is 9.80 Å². The van der Waals surface area contributed by atoms with Crippen molar-refractivity contribution in [2.45, 2.75) is 44.2 Å². The average Bonchev–Trinajstić information content (AvgIpc) is 3.22. The summed E-state index contributed by atoms with van der Waals surface area (Å²) in [5, 5.41) is 12.0. The summed E-state index contributed by atoms with van der Waals surface area (Å²) in [5.41, 5.74) is 0. The first-order valence-corrected chi connectivity index (χ1v) is 8.71. The molecule has 3 aliphatic heterocycles. The van der Waals surface area contributed by atoms with Crippen LogP contribution >= 0.6 is 0 Å². The Hall–Kier alpha value is -1.83. The Morgan fingerprint density at radius 1 is 1.25 bits per heavy atom. The van der Waals surface area contributed by atoms with Crippen LogP contribution in [0.25, 0.3) is 0 Å². The predicted octanol–water partition coefficient (Wildman–Crippen LogP) is 0.273. The molecule has 3 rings (SSSR count). The van der Waals surface area contributed by atoms with Crippen LogP contribution in [0.5, 0.6) is 0 Å². The molecule has 8 heteroatoms. The number of likely N-dealkylation sites (tertiary alicyclic amines) is 2. The van der Waals surface area contributed by atoms with Crippen molar-refractivity contribution in [1.29, 1.82) is 0 Å². The molecule has 24 heavy (non-hydrogen) atoms. The highest BCUT2D eigenvalue weighted by molar-refractivity contribution is 5.86. The summed E-state index contributed by atoms with van der Waals surface area (Å²) in [6.45, 7) is 2.79. The third-order valence-corrected chi connectivity index (χ3v) is 5.21. The number of carboxylic acid groups (broad SMARTS) is 1. The summed E-state index contributed by atoms with van der Waals surface area (Å²) in [6, 6.07) is -0.0378. The number of hydrogen-bond donors (Lipinski definition) is 2. The summed E-state index contributed by atoms with van der Waals surface area (Å²) in [6.07, 6.45) is 3.66. The van der Waals surface area contributed by atoms with E-state index in [4.69, 9.17) is 9.84 Å². The predicted molar refractivity (Wildman–Crippen MR) is 84.4 cm³/mol. The van der Waals surface area contributed by atoms with Gasteiger partial charge in [-0.15, -0.1) is 0 Å². The highest BCUT2D eigenvalue weighted by atomic mass is 16.5. The van der Waals surface area contributed by atoms with Gasteiger partial charge in [0.05, 0.1) is 12.0 Å². The zero-order chi connectivity index (χ0) is 17.1. The molecule has 2 unspecified atom stereocenters. The second-order valence-corrected chi connectivity index (χ2v) is 6.82. The van der Waals surface area contributed by atoms with Gasteiger partial charge in [0.25, 0.3) is 0 Å². The third-order valence-electron chi connectivity index (χ3n) is 5.21. The van der Waals surface area contributed by atoms with Gasteiger partial charge in [-0.2, -0.15) is 0 Å². The lowest BCUT2D eigenvalue weighted by molar-refractivity contribution is -0.141. The monoisotopic (exact) mass is 339 g/mol. The fraction of sp³-hybridized carbons (Fsp3) is 0.812. The number of amides is 3. The maximum atomic E-state index is 12.2. The first-order valence-electron chi connectivity index (χ1n) is 8.71. The average molecular weight is 339 g/mol. The molecule has 0 aromatic rings. The van der Waals surface area contributed by atoms with Gasteiger partial charge < -0.3 is 25.0 Å². The quantitative estimate of drug-likeness (QED) is 0.766. The standard InChI is InChI=1S/C16H25N3O5/c20-14-8-11(15(21)22)10-19(14)12-3-5-18(6-4-12)16(23)17-9-13-2-1-7-24-13/h11-13H,1-10H2,(H,17,23)(H,21,22). The van der Waals surface area contributed by atoms with E-state index >= 15 is 0 Å². The van der Waals surface area contributed by atoms with E-state index in [1.165, 1.54) is 0 Å². The van der Waals surface area contributed by atoms with Gasteiger partial charge in [-0.25, -0.2) is 4.79 Å². The zero-order valence-corrected chi connectivity index (χ0v) is 13.8. The maximum absolute atomic E-state index is 12.2. The van der Waals surface area contributed by atoms with Crippen molar-refractivity contribution in [3.05, 3.63) is 0 Å². The highest BCUT2D eigenvalue weighted by Crippen LogP contribution is 2.25. The van der Waals surface area contributed by atoms with Crippen LogP contribution in [0.1, 0.15) is 32.1 Å². The largest absolute Gasteiger partial charge is 0.481 e. The van der Waals surface area contributed by atoms with Crippen LogP contribution in [0.15, 0.2) is 0 Å². The van der Waals surface area contributed by atoms with Gasteiger partial charge in [0.1, 0.15) is 0 Å². The van der Waals surface area contributed by atoms with Gasteiger partial charge in [0.15, 0.2) is 0 Å². The number of ether oxygens (including phenoxy) is 1. The summed E-state index contributed by atoms with van der Waals surface area (Å²) < 4.78 is 5.49. The van der Waals surface area contributed by atoms with Crippen molar-refractivity contribution >= 4 is 17.9 Å². The van der Waals surface area contributed by atoms with Gasteiger partial charge in [-0.05, 0) is 25.7 Å². The second-order valence-electron chi connectivity index (χ2n) is 6.82. The van der Waals surface area contributed by atoms with E-state index in [1.807, 2.05) is 0 Å². The lowest BCUT2D eigenvalue weighted by Crippen LogP contribution is -2.50. The van der Waals surface area contributed by atoms with Crippen LogP contribution in [-0.2, 0) is 14.3 Å². The fourth-order valence-electron chi connectivity index (χ4n) is 3.75. The molecule has 3 saturated heterocycles. The summed E-state index contributed by atoms with van der Waals surface area (Å²) in [7, 11) is 0. The number of carboxylic acids is 1. The van der Waals surface area contributed by atoms with Crippen LogP contribution < -0.4 is 5.32 Å². The third kappa shape index (κ3) is 3.80. The van der Waals surface area contributed by atoms with Crippen molar-refractivity contribution in [2.24, 2.45) is 5.92 Å². The Morgan fingerprint density at radius 3 is 2.58 bits per heavy atom. The minimum Gasteiger partial charge on any atom is -0.481 e. The van der Waals surface area contributed by atoms with Crippen LogP contribution in [0.2, 0.25) is 0 Å². The first-order chi connectivity index (χ1) is 11.5. The number of piperidine rings is 1. The topological polar surface area (TPSA) is 99.2 Å².